The summed E-state index contributed by atoms with van der Waals surface area (Å²) in [7, 11) is 0. The molecule has 5 rings (SSSR count). The zero-order valence-electron chi connectivity index (χ0n) is 18.3. The lowest BCUT2D eigenvalue weighted by Gasteiger charge is -2.32. The van der Waals surface area contributed by atoms with Gasteiger partial charge in [-0.1, -0.05) is 35.9 Å². The molecule has 2 aliphatic heterocycles. The number of halogens is 1. The maximum Gasteiger partial charge on any atom is 0.322 e. The van der Waals surface area contributed by atoms with Gasteiger partial charge in [0.15, 0.2) is 0 Å². The summed E-state index contributed by atoms with van der Waals surface area (Å²) >= 11 is 6.06. The molecule has 0 atom stereocenters. The first-order valence-corrected chi connectivity index (χ1v) is 11.7. The van der Waals surface area contributed by atoms with Gasteiger partial charge in [-0.3, -0.25) is 0 Å². The van der Waals surface area contributed by atoms with Gasteiger partial charge in [-0.05, 0) is 49.6 Å². The Kier molecular flexibility index (Phi) is 6.30. The highest BCUT2D eigenvalue weighted by molar-refractivity contribution is 6.30. The quantitative estimate of drug-likeness (QED) is 0.553. The standard InChI is InChI=1S/C25H26ClN5O2/c26-18-8-7-9-19(16-18)27-25(32)31-15-12-22-21(17-31)23(33-20-10-3-1-4-11-20)29-24(28-22)30-13-5-2-6-14-30/h1,3-4,7-11,16H,2,5-6,12-15,17H2,(H,27,32). The van der Waals surface area contributed by atoms with Crippen LogP contribution in [0.1, 0.15) is 30.5 Å². The van der Waals surface area contributed by atoms with Crippen molar-refractivity contribution in [1.82, 2.24) is 14.9 Å². The minimum absolute atomic E-state index is 0.186. The Morgan fingerprint density at radius 1 is 0.970 bits per heavy atom. The number of nitrogens with one attached hydrogen (secondary N) is 1. The monoisotopic (exact) mass is 463 g/mol. The number of anilines is 2. The first kappa shape index (κ1) is 21.5. The van der Waals surface area contributed by atoms with Gasteiger partial charge in [0, 0.05) is 36.8 Å². The topological polar surface area (TPSA) is 70.6 Å². The zero-order chi connectivity index (χ0) is 22.6. The number of amides is 2. The van der Waals surface area contributed by atoms with E-state index in [9.17, 15) is 4.79 Å². The number of benzene rings is 2. The maximum absolute atomic E-state index is 13.0. The number of fused-ring (bicyclic) bond motifs is 1. The second-order valence-corrected chi connectivity index (χ2v) is 8.77. The number of nitrogens with zero attached hydrogens (tertiary/aromatic N) is 4. The van der Waals surface area contributed by atoms with Crippen LogP contribution in [0.2, 0.25) is 5.02 Å². The molecule has 1 aromatic heterocycles. The number of piperidine rings is 1. The summed E-state index contributed by atoms with van der Waals surface area (Å²) in [5.41, 5.74) is 2.46. The maximum atomic E-state index is 13.0. The number of aromatic nitrogens is 2. The molecule has 3 heterocycles. The van der Waals surface area contributed by atoms with Crippen molar-refractivity contribution in [2.45, 2.75) is 32.2 Å². The molecular formula is C25H26ClN5O2. The molecule has 0 radical (unpaired) electrons. The van der Waals surface area contributed by atoms with Gasteiger partial charge in [0.25, 0.3) is 0 Å². The molecule has 0 bridgehead atoms. The van der Waals surface area contributed by atoms with Crippen LogP contribution in [0.5, 0.6) is 11.6 Å². The Balaban J connectivity index is 1.42. The SMILES string of the molecule is O=C(Nc1cccc(Cl)c1)N1CCc2nc(N3CCCCC3)nc(Oc3ccccc3)c2C1. The molecule has 2 aromatic carbocycles. The Morgan fingerprint density at radius 3 is 2.58 bits per heavy atom. The fourth-order valence-corrected chi connectivity index (χ4v) is 4.42. The molecule has 1 fully saturated rings. The first-order valence-electron chi connectivity index (χ1n) is 11.3. The molecule has 1 N–H and O–H groups in total. The van der Waals surface area contributed by atoms with Crippen LogP contribution in [0, 0.1) is 0 Å². The van der Waals surface area contributed by atoms with E-state index in [-0.39, 0.29) is 6.03 Å². The highest BCUT2D eigenvalue weighted by atomic mass is 35.5. The van der Waals surface area contributed by atoms with Crippen LogP contribution in [-0.4, -0.2) is 40.5 Å². The van der Waals surface area contributed by atoms with Crippen molar-refractivity contribution in [3.8, 4) is 11.6 Å². The van der Waals surface area contributed by atoms with E-state index in [2.05, 4.69) is 10.2 Å². The Hall–Kier alpha value is -3.32. The summed E-state index contributed by atoms with van der Waals surface area (Å²) in [5.74, 6) is 1.95. The average molecular weight is 464 g/mol. The molecule has 0 spiro atoms. The second-order valence-electron chi connectivity index (χ2n) is 8.33. The van der Waals surface area contributed by atoms with Crippen molar-refractivity contribution >= 4 is 29.3 Å². The van der Waals surface area contributed by atoms with E-state index in [1.807, 2.05) is 42.5 Å². The van der Waals surface area contributed by atoms with E-state index in [0.717, 1.165) is 43.1 Å². The molecule has 0 unspecified atom stereocenters. The number of carbonyl (C=O) groups excluding carboxylic acids is 1. The van der Waals surface area contributed by atoms with Crippen LogP contribution in [0.4, 0.5) is 16.4 Å². The van der Waals surface area contributed by atoms with Gasteiger partial charge >= 0.3 is 6.03 Å². The predicted octanol–water partition coefficient (Wildman–Crippen LogP) is 5.50. The largest absolute Gasteiger partial charge is 0.438 e. The summed E-state index contributed by atoms with van der Waals surface area (Å²) in [6, 6.07) is 16.6. The van der Waals surface area contributed by atoms with E-state index >= 15 is 0 Å². The van der Waals surface area contributed by atoms with E-state index in [0.29, 0.717) is 41.8 Å². The Morgan fingerprint density at radius 2 is 1.79 bits per heavy atom. The van der Waals surface area contributed by atoms with Crippen LogP contribution < -0.4 is 15.0 Å². The third-order valence-corrected chi connectivity index (χ3v) is 6.21. The summed E-state index contributed by atoms with van der Waals surface area (Å²) in [6.45, 7) is 2.86. The second kappa shape index (κ2) is 9.67. The van der Waals surface area contributed by atoms with E-state index in [1.54, 1.807) is 17.0 Å². The summed E-state index contributed by atoms with van der Waals surface area (Å²) in [5, 5.41) is 3.51. The lowest BCUT2D eigenvalue weighted by atomic mass is 10.1. The number of para-hydroxylation sites is 1. The third kappa shape index (κ3) is 5.03. The smallest absolute Gasteiger partial charge is 0.322 e. The van der Waals surface area contributed by atoms with Gasteiger partial charge < -0.3 is 19.9 Å². The minimum Gasteiger partial charge on any atom is -0.438 e. The van der Waals surface area contributed by atoms with Crippen LogP contribution in [0.15, 0.2) is 54.6 Å². The Bertz CT molecular complexity index is 1130. The lowest BCUT2D eigenvalue weighted by molar-refractivity contribution is 0.205. The molecule has 0 saturated carbocycles. The van der Waals surface area contributed by atoms with Crippen molar-refractivity contribution in [2.75, 3.05) is 29.9 Å². The molecule has 8 heteroatoms. The summed E-state index contributed by atoms with van der Waals surface area (Å²) in [6.07, 6.45) is 4.18. The van der Waals surface area contributed by atoms with E-state index in [4.69, 9.17) is 26.3 Å². The number of ether oxygens (including phenoxy) is 1. The van der Waals surface area contributed by atoms with Crippen molar-refractivity contribution in [3.05, 3.63) is 70.9 Å². The van der Waals surface area contributed by atoms with Crippen LogP contribution >= 0.6 is 11.6 Å². The molecular weight excluding hydrogens is 438 g/mol. The predicted molar refractivity (Wildman–Crippen MR) is 129 cm³/mol. The van der Waals surface area contributed by atoms with E-state index < -0.39 is 0 Å². The van der Waals surface area contributed by atoms with Gasteiger partial charge in [-0.15, -0.1) is 0 Å². The highest BCUT2D eigenvalue weighted by Gasteiger charge is 2.28. The van der Waals surface area contributed by atoms with Crippen molar-refractivity contribution < 1.29 is 9.53 Å². The molecule has 1 saturated heterocycles. The molecule has 0 aliphatic carbocycles. The van der Waals surface area contributed by atoms with Gasteiger partial charge in [0.2, 0.25) is 11.8 Å². The molecule has 7 nitrogen and oxygen atoms in total. The average Bonchev–Trinajstić information content (AvgIpc) is 2.85. The van der Waals surface area contributed by atoms with Gasteiger partial charge in [0.05, 0.1) is 17.8 Å². The van der Waals surface area contributed by atoms with Crippen LogP contribution in [0.25, 0.3) is 0 Å². The fraction of sp³-hybridized carbons (Fsp3) is 0.320. The number of rotatable bonds is 4. The fourth-order valence-electron chi connectivity index (χ4n) is 4.23. The minimum atomic E-state index is -0.186. The van der Waals surface area contributed by atoms with E-state index in [1.165, 1.54) is 6.42 Å². The van der Waals surface area contributed by atoms with Crippen molar-refractivity contribution in [1.29, 1.82) is 0 Å². The Labute approximate surface area is 198 Å². The number of carbonyl (C=O) groups is 1. The van der Waals surface area contributed by atoms with Gasteiger partial charge in [0.1, 0.15) is 5.75 Å². The number of hydrogen-bond donors (Lipinski definition) is 1. The van der Waals surface area contributed by atoms with Gasteiger partial charge in [-0.25, -0.2) is 9.78 Å². The molecule has 170 valence electrons. The normalized spacial score (nSPS) is 15.7. The van der Waals surface area contributed by atoms with Crippen molar-refractivity contribution in [3.63, 3.8) is 0 Å². The molecule has 2 amide bonds. The highest BCUT2D eigenvalue weighted by Crippen LogP contribution is 2.32. The number of hydrogen-bond acceptors (Lipinski definition) is 5. The zero-order valence-corrected chi connectivity index (χ0v) is 19.1. The van der Waals surface area contributed by atoms with Crippen LogP contribution in [0.3, 0.4) is 0 Å². The first-order chi connectivity index (χ1) is 16.2. The third-order valence-electron chi connectivity index (χ3n) is 5.97. The summed E-state index contributed by atoms with van der Waals surface area (Å²) in [4.78, 5) is 26.6. The molecule has 33 heavy (non-hydrogen) atoms. The molecule has 3 aromatic rings. The van der Waals surface area contributed by atoms with Crippen LogP contribution in [-0.2, 0) is 13.0 Å². The lowest BCUT2D eigenvalue weighted by Crippen LogP contribution is -2.40. The molecule has 2 aliphatic rings. The van der Waals surface area contributed by atoms with Gasteiger partial charge in [-0.2, -0.15) is 4.98 Å². The van der Waals surface area contributed by atoms with Crippen molar-refractivity contribution in [2.24, 2.45) is 0 Å². The summed E-state index contributed by atoms with van der Waals surface area (Å²) < 4.78 is 6.22. The number of urea groups is 1.